The van der Waals surface area contributed by atoms with Gasteiger partial charge in [-0.05, 0) is 101 Å². The van der Waals surface area contributed by atoms with Crippen molar-refractivity contribution >= 4 is 44.3 Å². The first kappa shape index (κ1) is 43.0. The van der Waals surface area contributed by atoms with E-state index in [2.05, 4.69) is 16.6 Å². The predicted octanol–water partition coefficient (Wildman–Crippen LogP) is 5.74. The van der Waals surface area contributed by atoms with Crippen molar-refractivity contribution < 1.29 is 46.2 Å². The lowest BCUT2D eigenvalue weighted by molar-refractivity contribution is -0.151. The van der Waals surface area contributed by atoms with E-state index in [1.807, 2.05) is 32.9 Å². The molecule has 0 radical (unpaired) electrons. The Balaban J connectivity index is 1.24. The van der Waals surface area contributed by atoms with Gasteiger partial charge in [-0.2, -0.15) is 0 Å². The third-order valence-corrected chi connectivity index (χ3v) is 15.7. The molecule has 7 rings (SSSR count). The standard InChI is InChI=1S/C44H59FN4O9S/c1-7-29-16-26(2)10-8-9-11-31-21-44(31,42(53)47-59(54,55)43(5)13-14-43)22-37(50)36-18-32(58-40-33-19-35(45)38(56-6)17-30(33)12-15-46-40)25-49(36)41(52)34(29)20-39(51)48-23-27(3)57-28(4)24-48/h9,11-12,15,17,19,26-29,31-32,34,36H,7-8,10,13-14,16,18,20-25H2,1-6H3,(H,47,53)/b11-9-/t26-,27?,28?,29-,31-,32-,34+,36+,44-/m1/s1. The van der Waals surface area contributed by atoms with Crippen LogP contribution >= 0.6 is 0 Å². The van der Waals surface area contributed by atoms with E-state index in [4.69, 9.17) is 14.2 Å². The average Bonchev–Trinajstić information content (AvgIpc) is 4.07. The summed E-state index contributed by atoms with van der Waals surface area (Å²) in [6, 6.07) is 3.49. The molecule has 2 saturated carbocycles. The number of halogens is 1. The van der Waals surface area contributed by atoms with Gasteiger partial charge >= 0.3 is 0 Å². The Hall–Kier alpha value is -4.11. The lowest BCUT2D eigenvalue weighted by Gasteiger charge is -2.38. The Morgan fingerprint density at radius 2 is 1.81 bits per heavy atom. The Labute approximate surface area is 346 Å². The van der Waals surface area contributed by atoms with Gasteiger partial charge in [0.1, 0.15) is 6.10 Å². The normalized spacial score (nSPS) is 32.9. The molecule has 3 aliphatic heterocycles. The van der Waals surface area contributed by atoms with Crippen molar-refractivity contribution in [2.75, 3.05) is 26.7 Å². The van der Waals surface area contributed by atoms with Crippen LogP contribution in [0, 0.1) is 34.9 Å². The number of fused-ring (bicyclic) bond motifs is 3. The lowest BCUT2D eigenvalue weighted by Crippen LogP contribution is -2.51. The molecular weight excluding hydrogens is 780 g/mol. The molecule has 2 saturated heterocycles. The summed E-state index contributed by atoms with van der Waals surface area (Å²) in [6.45, 7) is 10.4. The fourth-order valence-electron chi connectivity index (χ4n) is 9.60. The van der Waals surface area contributed by atoms with Crippen molar-refractivity contribution in [2.45, 2.75) is 128 Å². The molecule has 9 atom stereocenters. The fourth-order valence-corrected chi connectivity index (χ4v) is 10.9. The first-order chi connectivity index (χ1) is 28.0. The van der Waals surface area contributed by atoms with Gasteiger partial charge in [-0.25, -0.2) is 17.8 Å². The van der Waals surface area contributed by atoms with Crippen LogP contribution in [0.1, 0.15) is 98.8 Å². The number of hydrogen-bond donors (Lipinski definition) is 1. The number of nitrogens with one attached hydrogen (secondary N) is 1. The summed E-state index contributed by atoms with van der Waals surface area (Å²) >= 11 is 0. The molecule has 1 N–H and O–H groups in total. The fraction of sp³-hybridized carbons (Fsp3) is 0.659. The first-order valence-corrected chi connectivity index (χ1v) is 22.7. The van der Waals surface area contributed by atoms with Gasteiger partial charge in [-0.1, -0.05) is 32.4 Å². The first-order valence-electron chi connectivity index (χ1n) is 21.3. The smallest absolute Gasteiger partial charge is 0.240 e. The summed E-state index contributed by atoms with van der Waals surface area (Å²) in [4.78, 5) is 66.0. The van der Waals surface area contributed by atoms with Crippen LogP contribution in [0.4, 0.5) is 4.39 Å². The maximum atomic E-state index is 15.2. The van der Waals surface area contributed by atoms with Crippen molar-refractivity contribution in [3.63, 3.8) is 0 Å². The number of carbonyl (C=O) groups is 4. The largest absolute Gasteiger partial charge is 0.494 e. The summed E-state index contributed by atoms with van der Waals surface area (Å²) in [6.07, 6.45) is 8.21. The van der Waals surface area contributed by atoms with Crippen LogP contribution in [0.3, 0.4) is 0 Å². The highest BCUT2D eigenvalue weighted by molar-refractivity contribution is 7.91. The highest BCUT2D eigenvalue weighted by Gasteiger charge is 2.63. The van der Waals surface area contributed by atoms with E-state index in [0.29, 0.717) is 62.4 Å². The zero-order valence-corrected chi connectivity index (χ0v) is 35.9. The highest BCUT2D eigenvalue weighted by Crippen LogP contribution is 2.58. The third-order valence-electron chi connectivity index (χ3n) is 13.6. The molecule has 59 heavy (non-hydrogen) atoms. The lowest BCUT2D eigenvalue weighted by atomic mass is 9.79. The van der Waals surface area contributed by atoms with Crippen molar-refractivity contribution in [3.05, 3.63) is 42.4 Å². The van der Waals surface area contributed by atoms with Crippen molar-refractivity contribution in [2.24, 2.45) is 29.1 Å². The number of sulfonamides is 1. The molecule has 4 heterocycles. The number of carbonyl (C=O) groups excluding carboxylic acids is 4. The quantitative estimate of drug-likeness (QED) is 0.309. The van der Waals surface area contributed by atoms with E-state index < -0.39 is 50.0 Å². The number of Topliss-reactive ketones (excluding diaryl/α,β-unsaturated/α-hetero) is 1. The molecule has 2 unspecified atom stereocenters. The van der Waals surface area contributed by atoms with E-state index in [-0.39, 0.29) is 85.0 Å². The number of benzene rings is 1. The molecule has 0 bridgehead atoms. The zero-order chi connectivity index (χ0) is 42.4. The predicted molar refractivity (Wildman–Crippen MR) is 218 cm³/mol. The van der Waals surface area contributed by atoms with Gasteiger partial charge in [0, 0.05) is 49.9 Å². The molecule has 4 fully saturated rings. The monoisotopic (exact) mass is 838 g/mol. The minimum absolute atomic E-state index is 0.0104. The molecule has 3 amide bonds. The number of ether oxygens (including phenoxy) is 3. The van der Waals surface area contributed by atoms with E-state index in [1.165, 1.54) is 24.3 Å². The topological polar surface area (TPSA) is 162 Å². The molecule has 2 aliphatic carbocycles. The Morgan fingerprint density at radius 1 is 1.08 bits per heavy atom. The second-order valence-electron chi connectivity index (χ2n) is 18.2. The Morgan fingerprint density at radius 3 is 2.49 bits per heavy atom. The molecule has 0 spiro atoms. The van der Waals surface area contributed by atoms with E-state index >= 15 is 4.79 Å². The number of morpholine rings is 1. The number of nitrogens with zero attached hydrogens (tertiary/aromatic N) is 3. The summed E-state index contributed by atoms with van der Waals surface area (Å²) in [5, 5.41) is 1.01. The van der Waals surface area contributed by atoms with Gasteiger partial charge in [0.25, 0.3) is 0 Å². The summed E-state index contributed by atoms with van der Waals surface area (Å²) < 4.78 is 60.4. The number of methoxy groups -OCH3 is 1. The van der Waals surface area contributed by atoms with Crippen molar-refractivity contribution in [1.29, 1.82) is 0 Å². The van der Waals surface area contributed by atoms with Crippen LogP contribution in [0.5, 0.6) is 11.6 Å². The molecule has 322 valence electrons. The van der Waals surface area contributed by atoms with Gasteiger partial charge in [-0.15, -0.1) is 0 Å². The van der Waals surface area contributed by atoms with Gasteiger partial charge in [0.2, 0.25) is 33.6 Å². The molecule has 5 aliphatic rings. The van der Waals surface area contributed by atoms with E-state index in [0.717, 1.165) is 6.42 Å². The van der Waals surface area contributed by atoms with Crippen LogP contribution in [0.25, 0.3) is 10.8 Å². The molecule has 13 nitrogen and oxygen atoms in total. The van der Waals surface area contributed by atoms with Gasteiger partial charge in [0.15, 0.2) is 17.3 Å². The van der Waals surface area contributed by atoms with Crippen LogP contribution in [0.15, 0.2) is 36.5 Å². The zero-order valence-electron chi connectivity index (χ0n) is 35.1. The molecule has 2 aromatic rings. The maximum Gasteiger partial charge on any atom is 0.240 e. The SMILES string of the molecule is CC[C@@H]1C[C@H](C)CC/C=C\[C@@H]2C[C@@]2(C(=O)NS(=O)(=O)C2(C)CC2)CC(=O)[C@@H]2C[C@@H](Oc3nccc4cc(OC)c(F)cc34)CN2C(=O)[C@H]1CC(=O)N1CC(C)OC(C)C1. The summed E-state index contributed by atoms with van der Waals surface area (Å²) in [5.74, 6) is -3.05. The van der Waals surface area contributed by atoms with Gasteiger partial charge in [0.05, 0.1) is 42.1 Å². The van der Waals surface area contributed by atoms with Crippen LogP contribution < -0.4 is 14.2 Å². The third kappa shape index (κ3) is 8.87. The van der Waals surface area contributed by atoms with Gasteiger partial charge < -0.3 is 24.0 Å². The van der Waals surface area contributed by atoms with E-state index in [1.54, 1.807) is 24.0 Å². The number of amides is 3. The number of rotatable bonds is 9. The minimum Gasteiger partial charge on any atom is -0.494 e. The summed E-state index contributed by atoms with van der Waals surface area (Å²) in [7, 11) is -2.60. The van der Waals surface area contributed by atoms with Crippen LogP contribution in [-0.2, 0) is 33.9 Å². The van der Waals surface area contributed by atoms with Crippen LogP contribution in [-0.4, -0.2) is 103 Å². The Kier molecular flexibility index (Phi) is 12.2. The second-order valence-corrected chi connectivity index (χ2v) is 20.4. The number of hydrogen-bond acceptors (Lipinski definition) is 10. The van der Waals surface area contributed by atoms with Crippen molar-refractivity contribution in [3.8, 4) is 11.6 Å². The number of aromatic nitrogens is 1. The van der Waals surface area contributed by atoms with Crippen LogP contribution in [0.2, 0.25) is 0 Å². The van der Waals surface area contributed by atoms with Gasteiger partial charge in [-0.3, -0.25) is 23.9 Å². The number of pyridine rings is 1. The summed E-state index contributed by atoms with van der Waals surface area (Å²) in [5.41, 5.74) is -1.30. The molecule has 15 heteroatoms. The number of ketones is 1. The minimum atomic E-state index is -3.98. The maximum absolute atomic E-state index is 15.2. The molecule has 1 aromatic carbocycles. The highest BCUT2D eigenvalue weighted by atomic mass is 32.2. The van der Waals surface area contributed by atoms with E-state index in [9.17, 15) is 27.2 Å². The molecule has 1 aromatic heterocycles. The average molecular weight is 839 g/mol. The Bertz CT molecular complexity index is 2100. The molecular formula is C44H59FN4O9S. The second kappa shape index (κ2) is 16.7. The number of allylic oxidation sites excluding steroid dienone is 2. The van der Waals surface area contributed by atoms with Crippen molar-refractivity contribution in [1.82, 2.24) is 19.5 Å².